The molecule has 2 aromatic rings. The summed E-state index contributed by atoms with van der Waals surface area (Å²) in [6, 6.07) is 13.5. The zero-order chi connectivity index (χ0) is 18.2. The van der Waals surface area contributed by atoms with Gasteiger partial charge in [0.05, 0.1) is 0 Å². The fourth-order valence-corrected chi connectivity index (χ4v) is 3.49. The smallest absolute Gasteiger partial charge is 0.124 e. The Bertz CT molecular complexity index is 740. The lowest BCUT2D eigenvalue weighted by Crippen LogP contribution is -2.16. The van der Waals surface area contributed by atoms with Crippen LogP contribution in [0.5, 0.6) is 5.75 Å². The summed E-state index contributed by atoms with van der Waals surface area (Å²) in [6.07, 6.45) is 8.71. The van der Waals surface area contributed by atoms with E-state index in [1.807, 2.05) is 42.5 Å². The summed E-state index contributed by atoms with van der Waals surface area (Å²) in [6.45, 7) is 2.25. The molecule has 0 aromatic heterocycles. The van der Waals surface area contributed by atoms with Crippen molar-refractivity contribution in [2.75, 3.05) is 6.54 Å². The lowest BCUT2D eigenvalue weighted by atomic mass is 9.97. The van der Waals surface area contributed by atoms with Crippen LogP contribution in [0.3, 0.4) is 0 Å². The Hall–Kier alpha value is -1.48. The summed E-state index contributed by atoms with van der Waals surface area (Å²) in [5, 5.41) is 4.99. The highest BCUT2D eigenvalue weighted by Crippen LogP contribution is 2.24. The zero-order valence-corrected chi connectivity index (χ0v) is 16.5. The molecule has 2 aromatic carbocycles. The number of rotatable bonds is 8. The second-order valence-corrected chi connectivity index (χ2v) is 7.57. The van der Waals surface area contributed by atoms with Crippen molar-refractivity contribution in [2.45, 2.75) is 45.3 Å². The number of allylic oxidation sites excluding steroid dienone is 1. The summed E-state index contributed by atoms with van der Waals surface area (Å²) >= 11 is 12.1. The lowest BCUT2D eigenvalue weighted by molar-refractivity contribution is 0.302. The van der Waals surface area contributed by atoms with Gasteiger partial charge in [-0.3, -0.25) is 0 Å². The van der Waals surface area contributed by atoms with Crippen LogP contribution in [0.2, 0.25) is 10.0 Å². The van der Waals surface area contributed by atoms with Gasteiger partial charge in [0.15, 0.2) is 0 Å². The topological polar surface area (TPSA) is 21.3 Å². The third kappa shape index (κ3) is 6.05. The van der Waals surface area contributed by atoms with Crippen molar-refractivity contribution in [1.82, 2.24) is 5.32 Å². The van der Waals surface area contributed by atoms with Crippen LogP contribution < -0.4 is 10.1 Å². The number of nitrogens with one attached hydrogen (secondary N) is 1. The molecular weight excluding hydrogens is 365 g/mol. The van der Waals surface area contributed by atoms with E-state index in [9.17, 15) is 0 Å². The maximum atomic E-state index is 6.18. The number of ether oxygens (including phenoxy) is 1. The molecule has 0 fully saturated rings. The number of halogens is 2. The van der Waals surface area contributed by atoms with E-state index in [-0.39, 0.29) is 0 Å². The van der Waals surface area contributed by atoms with Crippen molar-refractivity contribution < 1.29 is 4.74 Å². The molecule has 1 aliphatic rings. The van der Waals surface area contributed by atoms with Crippen molar-refractivity contribution in [2.24, 2.45) is 0 Å². The van der Waals surface area contributed by atoms with Gasteiger partial charge < -0.3 is 10.1 Å². The van der Waals surface area contributed by atoms with E-state index < -0.39 is 0 Å². The van der Waals surface area contributed by atoms with E-state index in [2.05, 4.69) is 11.4 Å². The summed E-state index contributed by atoms with van der Waals surface area (Å²) < 4.78 is 6.01. The second-order valence-electron chi connectivity index (χ2n) is 6.70. The summed E-state index contributed by atoms with van der Waals surface area (Å²) in [7, 11) is 0. The molecule has 0 saturated heterocycles. The molecular formula is C22H25Cl2NO. The van der Waals surface area contributed by atoms with Gasteiger partial charge >= 0.3 is 0 Å². The average Bonchev–Trinajstić information content (AvgIpc) is 2.67. The minimum absolute atomic E-state index is 0.513. The molecule has 4 heteroatoms. The van der Waals surface area contributed by atoms with Gasteiger partial charge in [0.2, 0.25) is 0 Å². The largest absolute Gasteiger partial charge is 0.489 e. The molecule has 0 atom stereocenters. The summed E-state index contributed by atoms with van der Waals surface area (Å²) in [5.74, 6) is 0.869. The standard InChI is InChI=1S/C22H25Cl2NO/c23-20-8-6-18(7-9-20)16-26-22-11-10-21(24)14-19(22)15-25-13-12-17-4-2-1-3-5-17/h4,6-11,14,25H,1-3,5,12-13,15-16H2. The monoisotopic (exact) mass is 389 g/mol. The highest BCUT2D eigenvalue weighted by atomic mass is 35.5. The van der Waals surface area contributed by atoms with E-state index in [1.54, 1.807) is 5.57 Å². The Balaban J connectivity index is 1.53. The first-order valence-corrected chi connectivity index (χ1v) is 10.0. The first-order valence-electron chi connectivity index (χ1n) is 9.25. The molecule has 0 aliphatic heterocycles. The highest BCUT2D eigenvalue weighted by Gasteiger charge is 2.07. The molecule has 0 saturated carbocycles. The predicted octanol–water partition coefficient (Wildman–Crippen LogP) is 6.55. The molecule has 0 amide bonds. The fraction of sp³-hybridized carbons (Fsp3) is 0.364. The second kappa shape index (κ2) is 10.0. The van der Waals surface area contributed by atoms with Crippen LogP contribution in [0.15, 0.2) is 54.1 Å². The van der Waals surface area contributed by atoms with E-state index in [4.69, 9.17) is 27.9 Å². The molecule has 0 radical (unpaired) electrons. The van der Waals surface area contributed by atoms with Gasteiger partial charge in [0.1, 0.15) is 12.4 Å². The molecule has 1 aliphatic carbocycles. The van der Waals surface area contributed by atoms with E-state index >= 15 is 0 Å². The van der Waals surface area contributed by atoms with Gasteiger partial charge in [0, 0.05) is 22.2 Å². The Labute approximate surface area is 166 Å². The fourth-order valence-electron chi connectivity index (χ4n) is 3.17. The van der Waals surface area contributed by atoms with Crippen LogP contribution in [0.1, 0.15) is 43.2 Å². The number of hydrogen-bond donors (Lipinski definition) is 1. The van der Waals surface area contributed by atoms with Crippen LogP contribution in [0.4, 0.5) is 0 Å². The van der Waals surface area contributed by atoms with Gasteiger partial charge in [-0.1, -0.05) is 47.0 Å². The highest BCUT2D eigenvalue weighted by molar-refractivity contribution is 6.30. The first kappa shape index (κ1) is 19.3. The van der Waals surface area contributed by atoms with Crippen LogP contribution in [0.25, 0.3) is 0 Å². The zero-order valence-electron chi connectivity index (χ0n) is 14.9. The lowest BCUT2D eigenvalue weighted by Gasteiger charge is -2.15. The van der Waals surface area contributed by atoms with Gasteiger partial charge in [-0.25, -0.2) is 0 Å². The van der Waals surface area contributed by atoms with Crippen LogP contribution in [-0.4, -0.2) is 6.54 Å². The van der Waals surface area contributed by atoms with Crippen molar-refractivity contribution in [1.29, 1.82) is 0 Å². The third-order valence-corrected chi connectivity index (χ3v) is 5.14. The molecule has 138 valence electrons. The molecule has 0 bridgehead atoms. The van der Waals surface area contributed by atoms with Crippen LogP contribution in [-0.2, 0) is 13.2 Å². The summed E-state index contributed by atoms with van der Waals surface area (Å²) in [4.78, 5) is 0. The minimum Gasteiger partial charge on any atom is -0.489 e. The molecule has 0 spiro atoms. The van der Waals surface area contributed by atoms with Crippen molar-refractivity contribution in [3.8, 4) is 5.75 Å². The maximum absolute atomic E-state index is 6.18. The van der Waals surface area contributed by atoms with Gasteiger partial charge in [-0.05, 0) is 74.5 Å². The van der Waals surface area contributed by atoms with Crippen LogP contribution in [0, 0.1) is 0 Å². The van der Waals surface area contributed by atoms with Crippen molar-refractivity contribution in [3.05, 3.63) is 75.3 Å². The Kier molecular flexibility index (Phi) is 7.43. The van der Waals surface area contributed by atoms with E-state index in [0.717, 1.165) is 46.4 Å². The Morgan fingerprint density at radius 2 is 1.77 bits per heavy atom. The van der Waals surface area contributed by atoms with Gasteiger partial charge in [-0.15, -0.1) is 0 Å². The molecule has 26 heavy (non-hydrogen) atoms. The summed E-state index contributed by atoms with van der Waals surface area (Å²) in [5.41, 5.74) is 3.77. The molecule has 0 unspecified atom stereocenters. The average molecular weight is 390 g/mol. The minimum atomic E-state index is 0.513. The first-order chi connectivity index (χ1) is 12.7. The normalized spacial score (nSPS) is 14.2. The quantitative estimate of drug-likeness (QED) is 0.408. The Morgan fingerprint density at radius 1 is 0.962 bits per heavy atom. The SMILES string of the molecule is Clc1ccc(COc2ccc(Cl)cc2CNCCC2=CCCCC2)cc1. The number of hydrogen-bond acceptors (Lipinski definition) is 2. The van der Waals surface area contributed by atoms with Crippen molar-refractivity contribution in [3.63, 3.8) is 0 Å². The molecule has 3 rings (SSSR count). The maximum Gasteiger partial charge on any atom is 0.124 e. The number of benzene rings is 2. The third-order valence-electron chi connectivity index (χ3n) is 4.65. The van der Waals surface area contributed by atoms with Gasteiger partial charge in [0.25, 0.3) is 0 Å². The molecule has 0 heterocycles. The van der Waals surface area contributed by atoms with Crippen LogP contribution >= 0.6 is 23.2 Å². The van der Waals surface area contributed by atoms with Crippen molar-refractivity contribution >= 4 is 23.2 Å². The van der Waals surface area contributed by atoms with E-state index in [1.165, 1.54) is 25.7 Å². The molecule has 1 N–H and O–H groups in total. The van der Waals surface area contributed by atoms with Gasteiger partial charge in [-0.2, -0.15) is 0 Å². The predicted molar refractivity (Wildman–Crippen MR) is 110 cm³/mol. The van der Waals surface area contributed by atoms with E-state index in [0.29, 0.717) is 6.61 Å². The Morgan fingerprint density at radius 3 is 2.54 bits per heavy atom. The molecule has 2 nitrogen and oxygen atoms in total.